The monoisotopic (exact) mass is 649 g/mol. The second-order valence-corrected chi connectivity index (χ2v) is 13.4. The first kappa shape index (κ1) is 31.0. The standard InChI is InChI=1S/C37H36FN5O5/c1-37(2,3)48-36(46)40-23-16-17-42(19-23)31-28(38)18-26-30-34(31)47-33-25-9-7-6-8-21(25)10-15-29(33)43(30)20-27(32(26)44)35(45)39-22-11-13-24(14-12-22)41(4)5/h6-15,18,20,23H,16-17,19H2,1-5H3,(H,39,45)(H,40,46)/t23-/m1/s1. The van der Waals surface area contributed by atoms with E-state index in [-0.39, 0.29) is 28.4 Å². The lowest BCUT2D eigenvalue weighted by molar-refractivity contribution is 0.0509. The second-order valence-electron chi connectivity index (χ2n) is 13.4. The Morgan fingerprint density at radius 3 is 2.48 bits per heavy atom. The molecule has 0 bridgehead atoms. The molecule has 48 heavy (non-hydrogen) atoms. The molecule has 0 unspecified atom stereocenters. The first-order chi connectivity index (χ1) is 22.9. The summed E-state index contributed by atoms with van der Waals surface area (Å²) in [6.45, 7) is 6.10. The van der Waals surface area contributed by atoms with E-state index in [0.717, 1.165) is 16.5 Å². The van der Waals surface area contributed by atoms with Gasteiger partial charge in [-0.25, -0.2) is 9.18 Å². The molecule has 10 nitrogen and oxygen atoms in total. The van der Waals surface area contributed by atoms with Crippen LogP contribution in [0, 0.1) is 5.82 Å². The van der Waals surface area contributed by atoms with E-state index in [2.05, 4.69) is 10.6 Å². The number of nitrogens with one attached hydrogen (secondary N) is 2. The first-order valence-electron chi connectivity index (χ1n) is 15.8. The summed E-state index contributed by atoms with van der Waals surface area (Å²) in [6, 6.07) is 19.6. The minimum absolute atomic E-state index is 0.0169. The lowest BCUT2D eigenvalue weighted by atomic mass is 10.0. The summed E-state index contributed by atoms with van der Waals surface area (Å²) in [5.74, 6) is -0.626. The molecule has 2 aliphatic rings. The molecule has 3 heterocycles. The number of carbonyl (C=O) groups excluding carboxylic acids is 2. The van der Waals surface area contributed by atoms with Gasteiger partial charge in [-0.3, -0.25) is 9.59 Å². The van der Waals surface area contributed by atoms with Crippen molar-refractivity contribution in [1.82, 2.24) is 9.88 Å². The van der Waals surface area contributed by atoms with E-state index in [1.807, 2.05) is 72.4 Å². The molecule has 0 radical (unpaired) electrons. The molecule has 1 aromatic heterocycles. The highest BCUT2D eigenvalue weighted by atomic mass is 19.1. The van der Waals surface area contributed by atoms with Crippen LogP contribution in [-0.2, 0) is 4.74 Å². The molecular formula is C37H36FN5O5. The van der Waals surface area contributed by atoms with Crippen LogP contribution in [0.4, 0.5) is 26.2 Å². The number of halogens is 1. The Balaban J connectivity index is 1.34. The molecule has 0 aliphatic carbocycles. The van der Waals surface area contributed by atoms with E-state index in [1.54, 1.807) is 37.5 Å². The van der Waals surface area contributed by atoms with E-state index in [4.69, 9.17) is 9.47 Å². The number of nitrogens with zero attached hydrogens (tertiary/aromatic N) is 3. The molecule has 2 amide bonds. The number of aromatic nitrogens is 1. The van der Waals surface area contributed by atoms with E-state index in [1.165, 1.54) is 12.3 Å². The number of ether oxygens (including phenoxy) is 2. The van der Waals surface area contributed by atoms with Crippen molar-refractivity contribution < 1.29 is 23.5 Å². The SMILES string of the molecule is CN(C)c1ccc(NC(=O)c2cn3c4c(c(N5CC[C@@H](NC(=O)OC(C)(C)C)C5)c(F)cc4c2=O)Oc2c-3ccc3ccccc23)cc1. The summed E-state index contributed by atoms with van der Waals surface area (Å²) in [5, 5.41) is 7.43. The average Bonchev–Trinajstić information content (AvgIpc) is 3.48. The predicted octanol–water partition coefficient (Wildman–Crippen LogP) is 6.81. The van der Waals surface area contributed by atoms with Gasteiger partial charge in [0, 0.05) is 50.1 Å². The van der Waals surface area contributed by atoms with Crippen molar-refractivity contribution >= 4 is 50.7 Å². The third-order valence-corrected chi connectivity index (χ3v) is 8.60. The van der Waals surface area contributed by atoms with Crippen LogP contribution in [0.15, 0.2) is 77.7 Å². The van der Waals surface area contributed by atoms with Gasteiger partial charge in [0.15, 0.2) is 17.3 Å². The molecule has 0 saturated carbocycles. The number of hydrogen-bond donors (Lipinski definition) is 2. The summed E-state index contributed by atoms with van der Waals surface area (Å²) >= 11 is 0. The fraction of sp³-hybridized carbons (Fsp3) is 0.270. The third-order valence-electron chi connectivity index (χ3n) is 8.60. The van der Waals surface area contributed by atoms with Crippen LogP contribution < -0.4 is 30.6 Å². The highest BCUT2D eigenvalue weighted by Crippen LogP contribution is 2.49. The molecule has 1 atom stereocenters. The van der Waals surface area contributed by atoms with Crippen LogP contribution in [-0.4, -0.2) is 55.4 Å². The molecule has 7 rings (SSSR count). The highest BCUT2D eigenvalue weighted by Gasteiger charge is 2.35. The van der Waals surface area contributed by atoms with Crippen molar-refractivity contribution in [1.29, 1.82) is 0 Å². The van der Waals surface area contributed by atoms with E-state index in [9.17, 15) is 14.4 Å². The largest absolute Gasteiger partial charge is 0.450 e. The summed E-state index contributed by atoms with van der Waals surface area (Å²) in [7, 11) is 3.84. The molecular weight excluding hydrogens is 613 g/mol. The zero-order valence-corrected chi connectivity index (χ0v) is 27.4. The van der Waals surface area contributed by atoms with Gasteiger partial charge < -0.3 is 34.5 Å². The number of anilines is 3. The van der Waals surface area contributed by atoms with Crippen molar-refractivity contribution in [2.45, 2.75) is 38.8 Å². The normalized spacial score (nSPS) is 15.2. The Labute approximate surface area is 276 Å². The molecule has 4 aromatic carbocycles. The molecule has 246 valence electrons. The number of fused-ring (bicyclic) bond motifs is 4. The lowest BCUT2D eigenvalue weighted by Gasteiger charge is -2.30. The zero-order chi connectivity index (χ0) is 33.9. The fourth-order valence-electron chi connectivity index (χ4n) is 6.39. The maximum atomic E-state index is 16.4. The minimum Gasteiger partial charge on any atom is -0.450 e. The van der Waals surface area contributed by atoms with Crippen LogP contribution in [0.5, 0.6) is 11.5 Å². The van der Waals surface area contributed by atoms with E-state index >= 15 is 4.39 Å². The average molecular weight is 650 g/mol. The van der Waals surface area contributed by atoms with Crippen molar-refractivity contribution in [3.05, 3.63) is 94.5 Å². The number of hydrogen-bond acceptors (Lipinski definition) is 7. The predicted molar refractivity (Wildman–Crippen MR) is 186 cm³/mol. The van der Waals surface area contributed by atoms with E-state index in [0.29, 0.717) is 42.2 Å². The lowest BCUT2D eigenvalue weighted by Crippen LogP contribution is -2.40. The Hall–Kier alpha value is -5.58. The summed E-state index contributed by atoms with van der Waals surface area (Å²) in [4.78, 5) is 43.9. The maximum absolute atomic E-state index is 16.4. The van der Waals surface area contributed by atoms with Crippen LogP contribution in [0.2, 0.25) is 0 Å². The number of pyridine rings is 1. The van der Waals surface area contributed by atoms with Crippen LogP contribution in [0.3, 0.4) is 0 Å². The Morgan fingerprint density at radius 2 is 1.75 bits per heavy atom. The molecule has 1 saturated heterocycles. The van der Waals surface area contributed by atoms with Gasteiger partial charge in [-0.15, -0.1) is 0 Å². The Bertz CT molecular complexity index is 2170. The number of carbonyl (C=O) groups is 2. The Kier molecular flexibility index (Phi) is 7.49. The van der Waals surface area contributed by atoms with Crippen LogP contribution in [0.1, 0.15) is 37.6 Å². The maximum Gasteiger partial charge on any atom is 0.407 e. The highest BCUT2D eigenvalue weighted by molar-refractivity contribution is 6.08. The van der Waals surface area contributed by atoms with Crippen molar-refractivity contribution in [2.24, 2.45) is 0 Å². The van der Waals surface area contributed by atoms with Crippen molar-refractivity contribution in [2.75, 3.05) is 42.3 Å². The third kappa shape index (κ3) is 5.55. The molecule has 2 N–H and O–H groups in total. The summed E-state index contributed by atoms with van der Waals surface area (Å²) < 4.78 is 30.1. The number of benzene rings is 4. The second kappa shape index (κ2) is 11.6. The smallest absolute Gasteiger partial charge is 0.407 e. The molecule has 1 fully saturated rings. The fourth-order valence-corrected chi connectivity index (χ4v) is 6.39. The van der Waals surface area contributed by atoms with Gasteiger partial charge in [-0.2, -0.15) is 0 Å². The number of amides is 2. The first-order valence-corrected chi connectivity index (χ1v) is 15.8. The summed E-state index contributed by atoms with van der Waals surface area (Å²) in [6.07, 6.45) is 1.52. The van der Waals surface area contributed by atoms with Gasteiger partial charge >= 0.3 is 6.09 Å². The quantitative estimate of drug-likeness (QED) is 0.211. The molecule has 0 spiro atoms. The Morgan fingerprint density at radius 1 is 1.00 bits per heavy atom. The molecule has 2 aliphatic heterocycles. The van der Waals surface area contributed by atoms with Gasteiger partial charge in [0.05, 0.1) is 17.1 Å². The van der Waals surface area contributed by atoms with Gasteiger partial charge in [0.25, 0.3) is 5.91 Å². The van der Waals surface area contributed by atoms with Crippen molar-refractivity contribution in [3.8, 4) is 17.2 Å². The topological polar surface area (TPSA) is 105 Å². The van der Waals surface area contributed by atoms with Gasteiger partial charge in [0.2, 0.25) is 5.43 Å². The summed E-state index contributed by atoms with van der Waals surface area (Å²) in [5.41, 5.74) is 1.21. The molecule has 5 aromatic rings. The van der Waals surface area contributed by atoms with Crippen molar-refractivity contribution in [3.63, 3.8) is 0 Å². The van der Waals surface area contributed by atoms with Gasteiger partial charge in [0.1, 0.15) is 22.4 Å². The molecule has 11 heteroatoms. The van der Waals surface area contributed by atoms with Gasteiger partial charge in [-0.05, 0) is 69.0 Å². The zero-order valence-electron chi connectivity index (χ0n) is 27.4. The number of alkyl carbamates (subject to hydrolysis) is 1. The van der Waals surface area contributed by atoms with Crippen LogP contribution >= 0.6 is 0 Å². The number of rotatable bonds is 5. The van der Waals surface area contributed by atoms with E-state index < -0.39 is 28.8 Å². The van der Waals surface area contributed by atoms with Gasteiger partial charge in [-0.1, -0.05) is 30.3 Å². The minimum atomic E-state index is -0.667. The van der Waals surface area contributed by atoms with Crippen LogP contribution in [0.25, 0.3) is 27.4 Å².